The van der Waals surface area contributed by atoms with E-state index in [0.29, 0.717) is 26.1 Å². The van der Waals surface area contributed by atoms with Gasteiger partial charge < -0.3 is 16.0 Å². The van der Waals surface area contributed by atoms with Crippen molar-refractivity contribution in [3.63, 3.8) is 0 Å². The second-order valence-corrected chi connectivity index (χ2v) is 6.06. The molecule has 0 aromatic heterocycles. The summed E-state index contributed by atoms with van der Waals surface area (Å²) in [4.78, 5) is 35.9. The van der Waals surface area contributed by atoms with Crippen molar-refractivity contribution >= 4 is 29.5 Å². The van der Waals surface area contributed by atoms with E-state index < -0.39 is 5.91 Å². The molecular weight excluding hydrogens is 302 g/mol. The SMILES string of the molecule is NC(=O)CSCC(=O)NCCN1Cc2ccccc2CC1=O. The van der Waals surface area contributed by atoms with Crippen LogP contribution in [0.15, 0.2) is 24.3 Å². The van der Waals surface area contributed by atoms with Crippen molar-refractivity contribution in [3.05, 3.63) is 35.4 Å². The lowest BCUT2D eigenvalue weighted by atomic mass is 9.99. The Morgan fingerprint density at radius 3 is 2.68 bits per heavy atom. The minimum absolute atomic E-state index is 0.0797. The van der Waals surface area contributed by atoms with Gasteiger partial charge in [0.05, 0.1) is 17.9 Å². The van der Waals surface area contributed by atoms with Crippen LogP contribution in [0.1, 0.15) is 11.1 Å². The summed E-state index contributed by atoms with van der Waals surface area (Å²) in [5.74, 6) is -0.184. The summed E-state index contributed by atoms with van der Waals surface area (Å²) in [7, 11) is 0. The van der Waals surface area contributed by atoms with Crippen LogP contribution < -0.4 is 11.1 Å². The van der Waals surface area contributed by atoms with Gasteiger partial charge in [-0.15, -0.1) is 11.8 Å². The van der Waals surface area contributed by atoms with Gasteiger partial charge in [-0.25, -0.2) is 0 Å². The van der Waals surface area contributed by atoms with Crippen LogP contribution in [0, 0.1) is 0 Å². The van der Waals surface area contributed by atoms with Crippen LogP contribution in [-0.4, -0.2) is 47.2 Å². The Morgan fingerprint density at radius 2 is 1.95 bits per heavy atom. The highest BCUT2D eigenvalue weighted by Gasteiger charge is 2.22. The maximum atomic E-state index is 12.0. The molecule has 6 nitrogen and oxygen atoms in total. The third-order valence-electron chi connectivity index (χ3n) is 3.36. The number of carbonyl (C=O) groups is 3. The normalized spacial score (nSPS) is 13.6. The van der Waals surface area contributed by atoms with Crippen LogP contribution in [0.25, 0.3) is 0 Å². The summed E-state index contributed by atoms with van der Waals surface area (Å²) in [6.07, 6.45) is 0.415. The Labute approximate surface area is 133 Å². The predicted octanol–water partition coefficient (Wildman–Crippen LogP) is -0.0940. The molecule has 7 heteroatoms. The topological polar surface area (TPSA) is 92.5 Å². The molecular formula is C15H19N3O3S. The van der Waals surface area contributed by atoms with E-state index in [2.05, 4.69) is 5.32 Å². The van der Waals surface area contributed by atoms with Crippen LogP contribution in [0.4, 0.5) is 0 Å². The number of hydrogen-bond acceptors (Lipinski definition) is 4. The number of amides is 3. The van der Waals surface area contributed by atoms with E-state index in [0.717, 1.165) is 11.1 Å². The molecule has 3 amide bonds. The highest BCUT2D eigenvalue weighted by molar-refractivity contribution is 8.00. The minimum atomic E-state index is -0.435. The van der Waals surface area contributed by atoms with E-state index in [4.69, 9.17) is 5.73 Å². The Kier molecular flexibility index (Phi) is 5.83. The Morgan fingerprint density at radius 1 is 1.23 bits per heavy atom. The Balaban J connectivity index is 1.72. The molecule has 0 radical (unpaired) electrons. The maximum absolute atomic E-state index is 12.0. The number of thioether (sulfide) groups is 1. The van der Waals surface area contributed by atoms with Crippen molar-refractivity contribution in [1.29, 1.82) is 0 Å². The Hall–Kier alpha value is -2.02. The molecule has 0 bridgehead atoms. The molecule has 118 valence electrons. The molecule has 2 rings (SSSR count). The number of fused-ring (bicyclic) bond motifs is 1. The largest absolute Gasteiger partial charge is 0.369 e. The summed E-state index contributed by atoms with van der Waals surface area (Å²) in [5.41, 5.74) is 7.23. The zero-order valence-electron chi connectivity index (χ0n) is 12.2. The quantitative estimate of drug-likeness (QED) is 0.734. The van der Waals surface area contributed by atoms with Crippen molar-refractivity contribution in [2.24, 2.45) is 5.73 Å². The molecule has 1 aromatic carbocycles. The second kappa shape index (κ2) is 7.84. The molecule has 0 fully saturated rings. The van der Waals surface area contributed by atoms with E-state index in [1.165, 1.54) is 11.8 Å². The molecule has 22 heavy (non-hydrogen) atoms. The summed E-state index contributed by atoms with van der Waals surface area (Å²) in [5, 5.41) is 2.74. The number of rotatable bonds is 7. The summed E-state index contributed by atoms with van der Waals surface area (Å²) in [6, 6.07) is 7.90. The fourth-order valence-electron chi connectivity index (χ4n) is 2.28. The molecule has 0 saturated heterocycles. The first-order chi connectivity index (χ1) is 10.6. The number of primary amides is 1. The molecule has 1 aliphatic rings. The lowest BCUT2D eigenvalue weighted by molar-refractivity contribution is -0.132. The molecule has 0 aliphatic carbocycles. The first kappa shape index (κ1) is 16.4. The molecule has 0 atom stereocenters. The number of carbonyl (C=O) groups excluding carboxylic acids is 3. The van der Waals surface area contributed by atoms with Gasteiger partial charge in [0.2, 0.25) is 17.7 Å². The van der Waals surface area contributed by atoms with Gasteiger partial charge in [-0.05, 0) is 11.1 Å². The van der Waals surface area contributed by atoms with Gasteiger partial charge in [0.25, 0.3) is 0 Å². The van der Waals surface area contributed by atoms with E-state index in [1.807, 2.05) is 24.3 Å². The first-order valence-corrected chi connectivity index (χ1v) is 8.19. The fourth-order valence-corrected chi connectivity index (χ4v) is 2.87. The van der Waals surface area contributed by atoms with Crippen LogP contribution >= 0.6 is 11.8 Å². The molecule has 3 N–H and O–H groups in total. The lowest BCUT2D eigenvalue weighted by Gasteiger charge is -2.28. The van der Waals surface area contributed by atoms with Crippen molar-refractivity contribution in [3.8, 4) is 0 Å². The number of benzene rings is 1. The number of nitrogens with two attached hydrogens (primary N) is 1. The highest BCUT2D eigenvalue weighted by atomic mass is 32.2. The summed E-state index contributed by atoms with van der Waals surface area (Å²) >= 11 is 1.18. The zero-order valence-corrected chi connectivity index (χ0v) is 13.0. The first-order valence-electron chi connectivity index (χ1n) is 7.03. The molecule has 0 saturated carbocycles. The van der Waals surface area contributed by atoms with E-state index in [-0.39, 0.29) is 23.3 Å². The van der Waals surface area contributed by atoms with Gasteiger partial charge in [-0.2, -0.15) is 0 Å². The van der Waals surface area contributed by atoms with Gasteiger partial charge >= 0.3 is 0 Å². The van der Waals surface area contributed by atoms with Crippen molar-refractivity contribution in [2.45, 2.75) is 13.0 Å². The maximum Gasteiger partial charge on any atom is 0.230 e. The fraction of sp³-hybridized carbons (Fsp3) is 0.400. The number of hydrogen-bond donors (Lipinski definition) is 2. The monoisotopic (exact) mass is 321 g/mol. The van der Waals surface area contributed by atoms with Crippen LogP contribution in [0.3, 0.4) is 0 Å². The van der Waals surface area contributed by atoms with Crippen molar-refractivity contribution in [1.82, 2.24) is 10.2 Å². The molecule has 1 heterocycles. The summed E-state index contributed by atoms with van der Waals surface area (Å²) in [6.45, 7) is 1.48. The van der Waals surface area contributed by atoms with E-state index in [1.54, 1.807) is 4.90 Å². The summed E-state index contributed by atoms with van der Waals surface area (Å²) < 4.78 is 0. The number of nitrogens with zero attached hydrogens (tertiary/aromatic N) is 1. The van der Waals surface area contributed by atoms with Crippen LogP contribution in [-0.2, 0) is 27.3 Å². The molecule has 1 aromatic rings. The van der Waals surface area contributed by atoms with Crippen LogP contribution in [0.2, 0.25) is 0 Å². The lowest BCUT2D eigenvalue weighted by Crippen LogP contribution is -2.41. The third-order valence-corrected chi connectivity index (χ3v) is 4.31. The molecule has 1 aliphatic heterocycles. The molecule has 0 spiro atoms. The van der Waals surface area contributed by atoms with Crippen molar-refractivity contribution < 1.29 is 14.4 Å². The van der Waals surface area contributed by atoms with Gasteiger partial charge in [0.1, 0.15) is 0 Å². The second-order valence-electron chi connectivity index (χ2n) is 5.07. The van der Waals surface area contributed by atoms with Crippen LogP contribution in [0.5, 0.6) is 0 Å². The zero-order chi connectivity index (χ0) is 15.9. The third kappa shape index (κ3) is 4.77. The highest BCUT2D eigenvalue weighted by Crippen LogP contribution is 2.18. The Bertz CT molecular complexity index is 577. The van der Waals surface area contributed by atoms with Gasteiger partial charge in [0.15, 0.2) is 0 Å². The van der Waals surface area contributed by atoms with Crippen molar-refractivity contribution in [2.75, 3.05) is 24.6 Å². The van der Waals surface area contributed by atoms with E-state index in [9.17, 15) is 14.4 Å². The average Bonchev–Trinajstić information content (AvgIpc) is 2.47. The average molecular weight is 321 g/mol. The standard InChI is InChI=1S/C15H19N3O3S/c16-13(19)9-22-10-14(20)17-5-6-18-8-12-4-2-1-3-11(12)7-15(18)21/h1-4H,5-10H2,(H2,16,19)(H,17,20). The van der Waals surface area contributed by atoms with Gasteiger partial charge in [-0.3, -0.25) is 14.4 Å². The smallest absolute Gasteiger partial charge is 0.230 e. The van der Waals surface area contributed by atoms with Gasteiger partial charge in [-0.1, -0.05) is 24.3 Å². The molecule has 0 unspecified atom stereocenters. The van der Waals surface area contributed by atoms with Gasteiger partial charge in [0, 0.05) is 19.6 Å². The minimum Gasteiger partial charge on any atom is -0.369 e. The predicted molar refractivity (Wildman–Crippen MR) is 85.1 cm³/mol. The number of nitrogens with one attached hydrogen (secondary N) is 1. The van der Waals surface area contributed by atoms with E-state index >= 15 is 0 Å².